The molecule has 1 atom stereocenters. The van der Waals surface area contributed by atoms with Crippen LogP contribution in [0.15, 0.2) is 23.2 Å². The maximum atomic E-state index is 12.0. The summed E-state index contributed by atoms with van der Waals surface area (Å²) in [5.74, 6) is -0.427. The summed E-state index contributed by atoms with van der Waals surface area (Å²) in [5.41, 5.74) is 0.433. The van der Waals surface area contributed by atoms with E-state index in [1.807, 2.05) is 0 Å². The summed E-state index contributed by atoms with van der Waals surface area (Å²) in [6.07, 6.45) is 0.0513. The van der Waals surface area contributed by atoms with Gasteiger partial charge in [0.1, 0.15) is 5.25 Å². The third-order valence-corrected chi connectivity index (χ3v) is 5.07. The van der Waals surface area contributed by atoms with E-state index in [9.17, 15) is 9.59 Å². The molecule has 1 aliphatic heterocycles. The molecule has 0 aliphatic carbocycles. The number of amidine groups is 1. The number of anilines is 1. The van der Waals surface area contributed by atoms with Gasteiger partial charge in [-0.1, -0.05) is 41.0 Å². The second kappa shape index (κ2) is 6.68. The Kier molecular flexibility index (Phi) is 5.13. The van der Waals surface area contributed by atoms with Crippen molar-refractivity contribution in [2.24, 2.45) is 4.99 Å². The van der Waals surface area contributed by atoms with Gasteiger partial charge in [0, 0.05) is 20.5 Å². The maximum absolute atomic E-state index is 12.0. The SMILES string of the molecule is CN=C1S[C@H](CC(=O)Nc2cccc(Cl)c2Cl)C(=O)N1C. The number of amides is 2. The van der Waals surface area contributed by atoms with Gasteiger partial charge in [-0.3, -0.25) is 19.5 Å². The predicted octanol–water partition coefficient (Wildman–Crippen LogP) is 2.88. The zero-order valence-corrected chi connectivity index (χ0v) is 13.7. The van der Waals surface area contributed by atoms with Crippen molar-refractivity contribution in [2.45, 2.75) is 11.7 Å². The Bertz CT molecular complexity index is 621. The average Bonchev–Trinajstić information content (AvgIpc) is 2.72. The summed E-state index contributed by atoms with van der Waals surface area (Å²) < 4.78 is 0. The monoisotopic (exact) mass is 345 g/mol. The first-order valence-corrected chi connectivity index (χ1v) is 7.72. The van der Waals surface area contributed by atoms with Crippen LogP contribution in [0.2, 0.25) is 10.0 Å². The van der Waals surface area contributed by atoms with Crippen molar-refractivity contribution in [1.29, 1.82) is 0 Å². The molecule has 21 heavy (non-hydrogen) atoms. The van der Waals surface area contributed by atoms with Gasteiger partial charge in [0.25, 0.3) is 0 Å². The first-order chi connectivity index (χ1) is 9.93. The summed E-state index contributed by atoms with van der Waals surface area (Å²) in [6.45, 7) is 0. The first kappa shape index (κ1) is 16.1. The number of aliphatic imine (C=N–C) groups is 1. The normalized spacial score (nSPS) is 20.2. The van der Waals surface area contributed by atoms with E-state index < -0.39 is 5.25 Å². The van der Waals surface area contributed by atoms with Crippen LogP contribution in [-0.4, -0.2) is 41.2 Å². The Morgan fingerprint density at radius 3 is 2.81 bits per heavy atom. The molecule has 5 nitrogen and oxygen atoms in total. The van der Waals surface area contributed by atoms with Crippen LogP contribution in [0.3, 0.4) is 0 Å². The number of hydrogen-bond donors (Lipinski definition) is 1. The lowest BCUT2D eigenvalue weighted by Crippen LogP contribution is -2.30. The molecule has 1 N–H and O–H groups in total. The third-order valence-electron chi connectivity index (χ3n) is 2.93. The Morgan fingerprint density at radius 1 is 1.48 bits per heavy atom. The lowest BCUT2D eigenvalue weighted by molar-refractivity contribution is -0.127. The van der Waals surface area contributed by atoms with Crippen LogP contribution in [0.4, 0.5) is 5.69 Å². The number of rotatable bonds is 3. The van der Waals surface area contributed by atoms with Gasteiger partial charge in [0.15, 0.2) is 5.17 Å². The van der Waals surface area contributed by atoms with Crippen LogP contribution in [0.25, 0.3) is 0 Å². The van der Waals surface area contributed by atoms with Gasteiger partial charge in [-0.15, -0.1) is 0 Å². The number of nitrogens with one attached hydrogen (secondary N) is 1. The number of nitrogens with zero attached hydrogens (tertiary/aromatic N) is 2. The minimum Gasteiger partial charge on any atom is -0.325 e. The highest BCUT2D eigenvalue weighted by Gasteiger charge is 2.36. The zero-order valence-electron chi connectivity index (χ0n) is 11.4. The van der Waals surface area contributed by atoms with Gasteiger partial charge in [-0.25, -0.2) is 0 Å². The molecular weight excluding hydrogens is 333 g/mol. The quantitative estimate of drug-likeness (QED) is 0.915. The fourth-order valence-corrected chi connectivity index (χ4v) is 3.32. The molecular formula is C13H13Cl2N3O2S. The van der Waals surface area contributed by atoms with E-state index in [1.165, 1.54) is 16.7 Å². The second-order valence-corrected chi connectivity index (χ2v) is 6.32. The van der Waals surface area contributed by atoms with E-state index in [1.54, 1.807) is 32.3 Å². The van der Waals surface area contributed by atoms with E-state index >= 15 is 0 Å². The minimum absolute atomic E-state index is 0.0513. The molecule has 0 saturated carbocycles. The molecule has 0 aromatic heterocycles. The Balaban J connectivity index is 2.03. The van der Waals surface area contributed by atoms with Crippen LogP contribution in [0, 0.1) is 0 Å². The van der Waals surface area contributed by atoms with Gasteiger partial charge in [-0.2, -0.15) is 0 Å². The molecule has 0 unspecified atom stereocenters. The second-order valence-electron chi connectivity index (χ2n) is 4.36. The van der Waals surface area contributed by atoms with Gasteiger partial charge >= 0.3 is 0 Å². The van der Waals surface area contributed by atoms with Crippen LogP contribution in [-0.2, 0) is 9.59 Å². The average molecular weight is 346 g/mol. The number of thioether (sulfide) groups is 1. The maximum Gasteiger partial charge on any atom is 0.242 e. The highest BCUT2D eigenvalue weighted by Crippen LogP contribution is 2.31. The zero-order chi connectivity index (χ0) is 15.6. The molecule has 1 aromatic carbocycles. The summed E-state index contributed by atoms with van der Waals surface area (Å²) in [5, 5.41) is 3.46. The van der Waals surface area contributed by atoms with E-state index in [2.05, 4.69) is 10.3 Å². The molecule has 1 aromatic rings. The van der Waals surface area contributed by atoms with Crippen LogP contribution in [0.1, 0.15) is 6.42 Å². The van der Waals surface area contributed by atoms with E-state index in [-0.39, 0.29) is 23.3 Å². The topological polar surface area (TPSA) is 61.8 Å². The van der Waals surface area contributed by atoms with E-state index in [0.717, 1.165) is 0 Å². The minimum atomic E-state index is -0.466. The van der Waals surface area contributed by atoms with Crippen molar-refractivity contribution in [2.75, 3.05) is 19.4 Å². The Labute approximate surface area is 136 Å². The van der Waals surface area contributed by atoms with E-state index in [0.29, 0.717) is 15.9 Å². The Morgan fingerprint density at radius 2 is 2.19 bits per heavy atom. The number of halogens is 2. The van der Waals surface area contributed by atoms with Gasteiger partial charge in [-0.05, 0) is 12.1 Å². The predicted molar refractivity (Wildman–Crippen MR) is 87.2 cm³/mol. The molecule has 1 saturated heterocycles. The molecule has 1 heterocycles. The molecule has 2 amide bonds. The highest BCUT2D eigenvalue weighted by molar-refractivity contribution is 8.15. The fourth-order valence-electron chi connectivity index (χ4n) is 1.87. The standard InChI is InChI=1S/C13H13Cl2N3O2S/c1-16-13-18(2)12(20)9(21-13)6-10(19)17-8-5-3-4-7(14)11(8)15/h3-5,9H,6H2,1-2H3,(H,17,19)/t9-/m1/s1. The fraction of sp³-hybridized carbons (Fsp3) is 0.308. The smallest absolute Gasteiger partial charge is 0.242 e. The summed E-state index contributed by atoms with van der Waals surface area (Å²) in [4.78, 5) is 29.5. The molecule has 112 valence electrons. The van der Waals surface area contributed by atoms with Gasteiger partial charge < -0.3 is 5.32 Å². The molecule has 0 radical (unpaired) electrons. The number of hydrogen-bond acceptors (Lipinski definition) is 4. The van der Waals surface area contributed by atoms with Crippen molar-refractivity contribution < 1.29 is 9.59 Å². The third kappa shape index (κ3) is 3.51. The van der Waals surface area contributed by atoms with Crippen molar-refractivity contribution in [1.82, 2.24) is 4.90 Å². The van der Waals surface area contributed by atoms with Crippen molar-refractivity contribution in [3.05, 3.63) is 28.2 Å². The van der Waals surface area contributed by atoms with Crippen molar-refractivity contribution in [3.63, 3.8) is 0 Å². The van der Waals surface area contributed by atoms with Crippen LogP contribution >= 0.6 is 35.0 Å². The van der Waals surface area contributed by atoms with Crippen LogP contribution in [0.5, 0.6) is 0 Å². The molecule has 0 bridgehead atoms. The summed E-state index contributed by atoms with van der Waals surface area (Å²) in [7, 11) is 3.25. The molecule has 2 rings (SSSR count). The molecule has 1 aliphatic rings. The molecule has 8 heteroatoms. The molecule has 1 fully saturated rings. The number of carbonyl (C=O) groups excluding carboxylic acids is 2. The first-order valence-electron chi connectivity index (χ1n) is 6.09. The molecule has 0 spiro atoms. The highest BCUT2D eigenvalue weighted by atomic mass is 35.5. The lowest BCUT2D eigenvalue weighted by Gasteiger charge is -2.10. The Hall–Kier alpha value is -1.24. The lowest BCUT2D eigenvalue weighted by atomic mass is 10.2. The van der Waals surface area contributed by atoms with Gasteiger partial charge in [0.2, 0.25) is 11.8 Å². The number of carbonyl (C=O) groups is 2. The largest absolute Gasteiger partial charge is 0.325 e. The summed E-state index contributed by atoms with van der Waals surface area (Å²) >= 11 is 13.2. The van der Waals surface area contributed by atoms with Crippen molar-refractivity contribution in [3.8, 4) is 0 Å². The van der Waals surface area contributed by atoms with Gasteiger partial charge in [0.05, 0.1) is 15.7 Å². The van der Waals surface area contributed by atoms with Crippen LogP contribution < -0.4 is 5.32 Å². The number of benzene rings is 1. The summed E-state index contributed by atoms with van der Waals surface area (Å²) in [6, 6.07) is 4.98. The van der Waals surface area contributed by atoms with E-state index in [4.69, 9.17) is 23.2 Å². The van der Waals surface area contributed by atoms with Crippen molar-refractivity contribution >= 4 is 57.6 Å².